The van der Waals surface area contributed by atoms with Gasteiger partial charge in [0, 0.05) is 45.0 Å². The minimum Gasteiger partial charge on any atom is -0.435 e. The fraction of sp³-hybridized carbons (Fsp3) is 0.579. The molecule has 0 atom stereocenters. The summed E-state index contributed by atoms with van der Waals surface area (Å²) in [7, 11) is 0. The van der Waals surface area contributed by atoms with Gasteiger partial charge in [0.15, 0.2) is 0 Å². The summed E-state index contributed by atoms with van der Waals surface area (Å²) in [6.07, 6.45) is 0. The van der Waals surface area contributed by atoms with Crippen LogP contribution in [0.5, 0.6) is 5.75 Å². The second-order valence-electron chi connectivity index (χ2n) is 6.57. The van der Waals surface area contributed by atoms with Gasteiger partial charge in [-0.2, -0.15) is 8.78 Å². The number of nitrogens with one attached hydrogen (secondary N) is 1. The summed E-state index contributed by atoms with van der Waals surface area (Å²) in [6.45, 7) is 6.04. The van der Waals surface area contributed by atoms with Gasteiger partial charge in [0.05, 0.1) is 13.1 Å². The summed E-state index contributed by atoms with van der Waals surface area (Å²) in [6, 6.07) is 5.81. The summed E-state index contributed by atoms with van der Waals surface area (Å²) in [4.78, 5) is 30.3. The van der Waals surface area contributed by atoms with Gasteiger partial charge in [-0.05, 0) is 38.1 Å². The SMILES string of the molecule is CCN(CC)C(=O)CN1CCN(CC(=O)Nc2ccc(OC(F)F)cc2)CC1. The molecule has 0 unspecified atom stereocenters. The van der Waals surface area contributed by atoms with E-state index in [2.05, 4.69) is 15.0 Å². The second-order valence-corrected chi connectivity index (χ2v) is 6.57. The van der Waals surface area contributed by atoms with Crippen molar-refractivity contribution in [1.29, 1.82) is 0 Å². The van der Waals surface area contributed by atoms with Crippen molar-refractivity contribution in [1.82, 2.24) is 14.7 Å². The van der Waals surface area contributed by atoms with Crippen molar-refractivity contribution in [3.63, 3.8) is 0 Å². The van der Waals surface area contributed by atoms with Crippen molar-refractivity contribution in [3.05, 3.63) is 24.3 Å². The highest BCUT2D eigenvalue weighted by molar-refractivity contribution is 5.92. The number of rotatable bonds is 9. The van der Waals surface area contributed by atoms with Gasteiger partial charge in [0.2, 0.25) is 11.8 Å². The molecule has 156 valence electrons. The van der Waals surface area contributed by atoms with Crippen LogP contribution < -0.4 is 10.1 Å². The van der Waals surface area contributed by atoms with Crippen LogP contribution in [-0.2, 0) is 9.59 Å². The number of hydrogen-bond donors (Lipinski definition) is 1. The molecule has 2 rings (SSSR count). The van der Waals surface area contributed by atoms with Gasteiger partial charge in [0.25, 0.3) is 0 Å². The van der Waals surface area contributed by atoms with Crippen LogP contribution in [0.2, 0.25) is 0 Å². The summed E-state index contributed by atoms with van der Waals surface area (Å²) >= 11 is 0. The third kappa shape index (κ3) is 7.05. The Bertz CT molecular complexity index is 631. The van der Waals surface area contributed by atoms with Crippen LogP contribution in [0.3, 0.4) is 0 Å². The molecule has 0 spiro atoms. The predicted octanol–water partition coefficient (Wildman–Crippen LogP) is 1.71. The number of carbonyl (C=O) groups excluding carboxylic acids is 2. The number of hydrogen-bond acceptors (Lipinski definition) is 5. The van der Waals surface area contributed by atoms with Gasteiger partial charge in [-0.3, -0.25) is 19.4 Å². The standard InChI is InChI=1S/C19H28F2N4O3/c1-3-25(4-2)18(27)14-24-11-9-23(10-12-24)13-17(26)22-15-5-7-16(8-6-15)28-19(20)21/h5-8,19H,3-4,9-14H2,1-2H3,(H,22,26). The van der Waals surface area contributed by atoms with Gasteiger partial charge < -0.3 is 15.0 Å². The molecule has 1 aromatic rings. The Morgan fingerprint density at radius 3 is 2.07 bits per heavy atom. The summed E-state index contributed by atoms with van der Waals surface area (Å²) < 4.78 is 28.6. The minimum absolute atomic E-state index is 0.0448. The molecule has 1 aliphatic rings. The van der Waals surface area contributed by atoms with Crippen LogP contribution in [-0.4, -0.2) is 85.5 Å². The first-order chi connectivity index (χ1) is 13.4. The monoisotopic (exact) mass is 398 g/mol. The lowest BCUT2D eigenvalue weighted by Gasteiger charge is -2.34. The van der Waals surface area contributed by atoms with E-state index in [1.54, 1.807) is 0 Å². The Balaban J connectivity index is 1.72. The smallest absolute Gasteiger partial charge is 0.387 e. The van der Waals surface area contributed by atoms with E-state index in [9.17, 15) is 18.4 Å². The quantitative estimate of drug-likeness (QED) is 0.686. The minimum atomic E-state index is -2.87. The molecule has 0 radical (unpaired) electrons. The molecular formula is C19H28F2N4O3. The fourth-order valence-electron chi connectivity index (χ4n) is 3.10. The molecule has 1 saturated heterocycles. The van der Waals surface area contributed by atoms with E-state index in [-0.39, 0.29) is 24.1 Å². The zero-order valence-electron chi connectivity index (χ0n) is 16.4. The number of ether oxygens (including phenoxy) is 1. The molecule has 1 N–H and O–H groups in total. The van der Waals surface area contributed by atoms with Crippen molar-refractivity contribution in [3.8, 4) is 5.75 Å². The number of benzene rings is 1. The molecule has 1 fully saturated rings. The van der Waals surface area contributed by atoms with E-state index < -0.39 is 6.61 Å². The second kappa shape index (κ2) is 10.9. The van der Waals surface area contributed by atoms with Crippen molar-refractivity contribution >= 4 is 17.5 Å². The van der Waals surface area contributed by atoms with Crippen LogP contribution in [0, 0.1) is 0 Å². The third-order valence-corrected chi connectivity index (χ3v) is 4.67. The average molecular weight is 398 g/mol. The Morgan fingerprint density at radius 1 is 1.04 bits per heavy atom. The fourth-order valence-corrected chi connectivity index (χ4v) is 3.10. The molecule has 1 aliphatic heterocycles. The number of piperazine rings is 1. The molecule has 28 heavy (non-hydrogen) atoms. The molecule has 7 nitrogen and oxygen atoms in total. The number of alkyl halides is 2. The zero-order valence-corrected chi connectivity index (χ0v) is 16.4. The lowest BCUT2D eigenvalue weighted by molar-refractivity contribution is -0.132. The van der Waals surface area contributed by atoms with Crippen LogP contribution in [0.1, 0.15) is 13.8 Å². The number of carbonyl (C=O) groups is 2. The van der Waals surface area contributed by atoms with Crippen LogP contribution in [0.15, 0.2) is 24.3 Å². The lowest BCUT2D eigenvalue weighted by Crippen LogP contribution is -2.51. The van der Waals surface area contributed by atoms with Crippen molar-refractivity contribution in [2.24, 2.45) is 0 Å². The first-order valence-electron chi connectivity index (χ1n) is 9.48. The Labute approximate surface area is 164 Å². The van der Waals surface area contributed by atoms with E-state index in [0.29, 0.717) is 38.4 Å². The van der Waals surface area contributed by atoms with Crippen LogP contribution >= 0.6 is 0 Å². The van der Waals surface area contributed by atoms with Gasteiger partial charge >= 0.3 is 6.61 Å². The molecule has 0 aliphatic carbocycles. The molecule has 1 aromatic carbocycles. The van der Waals surface area contributed by atoms with Crippen molar-refractivity contribution in [2.45, 2.75) is 20.5 Å². The molecular weight excluding hydrogens is 370 g/mol. The van der Waals surface area contributed by atoms with Crippen molar-refractivity contribution < 1.29 is 23.1 Å². The maximum Gasteiger partial charge on any atom is 0.387 e. The number of halogens is 2. The molecule has 0 aromatic heterocycles. The molecule has 0 bridgehead atoms. The van der Waals surface area contributed by atoms with E-state index >= 15 is 0 Å². The number of nitrogens with zero attached hydrogens (tertiary/aromatic N) is 3. The van der Waals surface area contributed by atoms with Gasteiger partial charge in [-0.1, -0.05) is 0 Å². The molecule has 1 heterocycles. The lowest BCUT2D eigenvalue weighted by atomic mass is 10.2. The van der Waals surface area contributed by atoms with E-state index in [1.807, 2.05) is 23.6 Å². The van der Waals surface area contributed by atoms with Crippen LogP contribution in [0.25, 0.3) is 0 Å². The topological polar surface area (TPSA) is 65.1 Å². The summed E-state index contributed by atoms with van der Waals surface area (Å²) in [5.74, 6) is 0.00837. The van der Waals surface area contributed by atoms with Crippen LogP contribution in [0.4, 0.5) is 14.5 Å². The highest BCUT2D eigenvalue weighted by atomic mass is 19.3. The first kappa shape index (κ1) is 22.0. The third-order valence-electron chi connectivity index (χ3n) is 4.67. The largest absolute Gasteiger partial charge is 0.435 e. The maximum atomic E-state index is 12.2. The van der Waals surface area contributed by atoms with E-state index in [0.717, 1.165) is 13.1 Å². The van der Waals surface area contributed by atoms with Crippen molar-refractivity contribution in [2.75, 3.05) is 57.7 Å². The van der Waals surface area contributed by atoms with E-state index in [1.165, 1.54) is 24.3 Å². The van der Waals surface area contributed by atoms with Gasteiger partial charge in [-0.15, -0.1) is 0 Å². The predicted molar refractivity (Wildman–Crippen MR) is 103 cm³/mol. The number of likely N-dealkylation sites (N-methyl/N-ethyl adjacent to an activating group) is 1. The molecule has 2 amide bonds. The average Bonchev–Trinajstić information content (AvgIpc) is 2.65. The summed E-state index contributed by atoms with van der Waals surface area (Å²) in [5, 5.41) is 2.75. The Hall–Kier alpha value is -2.26. The molecule has 9 heteroatoms. The highest BCUT2D eigenvalue weighted by Gasteiger charge is 2.22. The van der Waals surface area contributed by atoms with Gasteiger partial charge in [0.1, 0.15) is 5.75 Å². The normalized spacial score (nSPS) is 15.5. The number of amides is 2. The zero-order chi connectivity index (χ0) is 20.5. The maximum absolute atomic E-state index is 12.2. The number of anilines is 1. The van der Waals surface area contributed by atoms with E-state index in [4.69, 9.17) is 0 Å². The first-order valence-corrected chi connectivity index (χ1v) is 9.48. The Morgan fingerprint density at radius 2 is 1.57 bits per heavy atom. The summed E-state index contributed by atoms with van der Waals surface area (Å²) in [5.41, 5.74) is 0.523. The Kier molecular flexibility index (Phi) is 8.59. The molecule has 0 saturated carbocycles. The highest BCUT2D eigenvalue weighted by Crippen LogP contribution is 2.17. The van der Waals surface area contributed by atoms with Gasteiger partial charge in [-0.25, -0.2) is 0 Å².